The van der Waals surface area contributed by atoms with Crippen molar-refractivity contribution in [3.8, 4) is 22.9 Å². The third-order valence-corrected chi connectivity index (χ3v) is 2.31. The maximum Gasteiger partial charge on any atom is 0.225 e. The number of hydrogen-bond acceptors (Lipinski definition) is 7. The van der Waals surface area contributed by atoms with Crippen LogP contribution in [0.1, 0.15) is 0 Å². The van der Waals surface area contributed by atoms with Gasteiger partial charge in [-0.15, -0.1) is 0 Å². The van der Waals surface area contributed by atoms with Gasteiger partial charge in [0.2, 0.25) is 11.9 Å². The van der Waals surface area contributed by atoms with E-state index in [0.29, 0.717) is 22.9 Å². The summed E-state index contributed by atoms with van der Waals surface area (Å²) in [5.74, 6) is 1.55. The van der Waals surface area contributed by atoms with E-state index in [-0.39, 0.29) is 11.9 Å². The van der Waals surface area contributed by atoms with Crippen LogP contribution in [0.4, 0.5) is 11.9 Å². The van der Waals surface area contributed by atoms with Crippen LogP contribution >= 0.6 is 0 Å². The van der Waals surface area contributed by atoms with Crippen molar-refractivity contribution in [2.45, 2.75) is 0 Å². The first kappa shape index (κ1) is 11.9. The Labute approximate surface area is 104 Å². The number of benzene rings is 1. The predicted molar refractivity (Wildman–Crippen MR) is 67.2 cm³/mol. The lowest BCUT2D eigenvalue weighted by Crippen LogP contribution is -2.05. The maximum atomic E-state index is 5.54. The Morgan fingerprint density at radius 2 is 1.61 bits per heavy atom. The molecule has 0 saturated carbocycles. The van der Waals surface area contributed by atoms with E-state index in [4.69, 9.17) is 20.9 Å². The van der Waals surface area contributed by atoms with Crippen LogP contribution in [0.5, 0.6) is 11.5 Å². The van der Waals surface area contributed by atoms with E-state index >= 15 is 0 Å². The molecule has 4 N–H and O–H groups in total. The van der Waals surface area contributed by atoms with Crippen LogP contribution in [0.2, 0.25) is 0 Å². The summed E-state index contributed by atoms with van der Waals surface area (Å²) >= 11 is 0. The first-order valence-corrected chi connectivity index (χ1v) is 5.14. The molecule has 0 aliphatic rings. The Hall–Kier alpha value is -2.57. The van der Waals surface area contributed by atoms with Crippen LogP contribution in [-0.4, -0.2) is 29.2 Å². The van der Waals surface area contributed by atoms with Gasteiger partial charge in [-0.3, -0.25) is 0 Å². The highest BCUT2D eigenvalue weighted by atomic mass is 16.5. The molecule has 0 unspecified atom stereocenters. The van der Waals surface area contributed by atoms with Gasteiger partial charge in [0.1, 0.15) is 0 Å². The molecule has 7 nitrogen and oxygen atoms in total. The van der Waals surface area contributed by atoms with E-state index in [2.05, 4.69) is 15.0 Å². The Morgan fingerprint density at radius 3 is 2.17 bits per heavy atom. The quantitative estimate of drug-likeness (QED) is 0.822. The highest BCUT2D eigenvalue weighted by Gasteiger charge is 2.14. The van der Waals surface area contributed by atoms with Gasteiger partial charge >= 0.3 is 0 Å². The minimum Gasteiger partial charge on any atom is -0.493 e. The van der Waals surface area contributed by atoms with Crippen LogP contribution < -0.4 is 20.9 Å². The minimum absolute atomic E-state index is 0.0578. The van der Waals surface area contributed by atoms with Crippen molar-refractivity contribution in [1.29, 1.82) is 0 Å². The summed E-state index contributed by atoms with van der Waals surface area (Å²) in [6.45, 7) is 0. The molecule has 94 valence electrons. The summed E-state index contributed by atoms with van der Waals surface area (Å²) in [5.41, 5.74) is 11.7. The standard InChI is InChI=1S/C11H13N5O2/c1-17-7-5-3-4-6(8(7)18-2)9-14-10(12)16-11(13)15-9/h3-5H,1-2H3,(H4,12,13,14,15,16). The number of para-hydroxylation sites is 1. The lowest BCUT2D eigenvalue weighted by atomic mass is 10.1. The third kappa shape index (κ3) is 2.10. The van der Waals surface area contributed by atoms with Gasteiger partial charge in [-0.25, -0.2) is 0 Å². The molecule has 0 atom stereocenters. The normalized spacial score (nSPS) is 10.1. The minimum atomic E-state index is 0.0578. The smallest absolute Gasteiger partial charge is 0.225 e. The summed E-state index contributed by atoms with van der Waals surface area (Å²) in [6.07, 6.45) is 0. The van der Waals surface area contributed by atoms with Crippen LogP contribution in [0.25, 0.3) is 11.4 Å². The molecule has 2 aromatic rings. The first-order valence-electron chi connectivity index (χ1n) is 5.14. The zero-order valence-corrected chi connectivity index (χ0v) is 10.0. The number of hydrogen-bond donors (Lipinski definition) is 2. The van der Waals surface area contributed by atoms with Gasteiger partial charge < -0.3 is 20.9 Å². The molecule has 1 heterocycles. The van der Waals surface area contributed by atoms with E-state index < -0.39 is 0 Å². The topological polar surface area (TPSA) is 109 Å². The molecule has 7 heteroatoms. The molecule has 0 radical (unpaired) electrons. The van der Waals surface area contributed by atoms with Crippen LogP contribution in [-0.2, 0) is 0 Å². The fourth-order valence-electron chi connectivity index (χ4n) is 1.59. The van der Waals surface area contributed by atoms with E-state index in [1.807, 2.05) is 0 Å². The Kier molecular flexibility index (Phi) is 3.13. The molecular weight excluding hydrogens is 234 g/mol. The highest BCUT2D eigenvalue weighted by Crippen LogP contribution is 2.36. The number of methoxy groups -OCH3 is 2. The predicted octanol–water partition coefficient (Wildman–Crippen LogP) is 0.720. The molecule has 0 spiro atoms. The van der Waals surface area contributed by atoms with Crippen molar-refractivity contribution in [2.75, 3.05) is 25.7 Å². The Morgan fingerprint density at radius 1 is 0.944 bits per heavy atom. The third-order valence-electron chi connectivity index (χ3n) is 2.31. The fourth-order valence-corrected chi connectivity index (χ4v) is 1.59. The maximum absolute atomic E-state index is 5.54. The average molecular weight is 247 g/mol. The van der Waals surface area contributed by atoms with E-state index in [1.165, 1.54) is 7.11 Å². The Bertz CT molecular complexity index is 553. The summed E-state index contributed by atoms with van der Waals surface area (Å²) in [6, 6.07) is 5.36. The lowest BCUT2D eigenvalue weighted by Gasteiger charge is -2.11. The molecule has 18 heavy (non-hydrogen) atoms. The van der Waals surface area contributed by atoms with Crippen molar-refractivity contribution in [3.05, 3.63) is 18.2 Å². The van der Waals surface area contributed by atoms with Gasteiger partial charge in [0.25, 0.3) is 0 Å². The van der Waals surface area contributed by atoms with E-state index in [9.17, 15) is 0 Å². The number of anilines is 2. The monoisotopic (exact) mass is 247 g/mol. The summed E-state index contributed by atoms with van der Waals surface area (Å²) in [4.78, 5) is 11.8. The van der Waals surface area contributed by atoms with Crippen molar-refractivity contribution in [2.24, 2.45) is 0 Å². The zero-order valence-electron chi connectivity index (χ0n) is 10.0. The van der Waals surface area contributed by atoms with Gasteiger partial charge in [-0.05, 0) is 12.1 Å². The second-order valence-electron chi connectivity index (χ2n) is 3.42. The molecule has 1 aromatic carbocycles. The van der Waals surface area contributed by atoms with E-state index in [0.717, 1.165) is 0 Å². The average Bonchev–Trinajstić information content (AvgIpc) is 2.36. The second kappa shape index (κ2) is 4.74. The van der Waals surface area contributed by atoms with Gasteiger partial charge in [0.05, 0.1) is 19.8 Å². The van der Waals surface area contributed by atoms with Crippen LogP contribution in [0, 0.1) is 0 Å². The molecule has 0 saturated heterocycles. The molecule has 0 fully saturated rings. The van der Waals surface area contributed by atoms with Gasteiger partial charge in [-0.1, -0.05) is 6.07 Å². The van der Waals surface area contributed by atoms with Crippen molar-refractivity contribution in [3.63, 3.8) is 0 Å². The molecular formula is C11H13N5O2. The second-order valence-corrected chi connectivity index (χ2v) is 3.42. The van der Waals surface area contributed by atoms with Gasteiger partial charge in [-0.2, -0.15) is 15.0 Å². The van der Waals surface area contributed by atoms with Gasteiger partial charge in [0.15, 0.2) is 17.3 Å². The van der Waals surface area contributed by atoms with Crippen molar-refractivity contribution < 1.29 is 9.47 Å². The largest absolute Gasteiger partial charge is 0.493 e. The zero-order chi connectivity index (χ0) is 13.1. The Balaban J connectivity index is 2.63. The number of nitrogen functional groups attached to an aromatic ring is 2. The van der Waals surface area contributed by atoms with Gasteiger partial charge in [0, 0.05) is 0 Å². The number of nitrogens with two attached hydrogens (primary N) is 2. The van der Waals surface area contributed by atoms with E-state index in [1.54, 1.807) is 25.3 Å². The molecule has 0 bridgehead atoms. The number of aromatic nitrogens is 3. The van der Waals surface area contributed by atoms with Crippen LogP contribution in [0.15, 0.2) is 18.2 Å². The molecule has 0 aliphatic carbocycles. The lowest BCUT2D eigenvalue weighted by molar-refractivity contribution is 0.356. The van der Waals surface area contributed by atoms with Crippen molar-refractivity contribution in [1.82, 2.24) is 15.0 Å². The molecule has 0 aliphatic heterocycles. The molecule has 2 rings (SSSR count). The fraction of sp³-hybridized carbons (Fsp3) is 0.182. The molecule has 0 amide bonds. The first-order chi connectivity index (χ1) is 8.65. The number of ether oxygens (including phenoxy) is 2. The van der Waals surface area contributed by atoms with Crippen LogP contribution in [0.3, 0.4) is 0 Å². The number of nitrogens with zero attached hydrogens (tertiary/aromatic N) is 3. The summed E-state index contributed by atoms with van der Waals surface area (Å²) < 4.78 is 10.5. The summed E-state index contributed by atoms with van der Waals surface area (Å²) in [7, 11) is 3.09. The SMILES string of the molecule is COc1cccc(-c2nc(N)nc(N)n2)c1OC. The molecule has 1 aromatic heterocycles. The highest BCUT2D eigenvalue weighted by molar-refractivity contribution is 5.69. The number of rotatable bonds is 3. The van der Waals surface area contributed by atoms with Crippen molar-refractivity contribution >= 4 is 11.9 Å². The summed E-state index contributed by atoms with van der Waals surface area (Å²) in [5, 5.41) is 0.